The minimum atomic E-state index is 0.347. The molecule has 1 nitrogen and oxygen atoms in total. The van der Waals surface area contributed by atoms with Crippen molar-refractivity contribution in [2.45, 2.75) is 45.4 Å². The quantitative estimate of drug-likeness (QED) is 0.800. The van der Waals surface area contributed by atoms with Crippen LogP contribution >= 0.6 is 11.6 Å². The van der Waals surface area contributed by atoms with Gasteiger partial charge in [-0.25, -0.2) is 0 Å². The second-order valence-electron chi connectivity index (χ2n) is 6.49. The molecule has 0 spiro atoms. The third-order valence-corrected chi connectivity index (χ3v) is 4.66. The normalized spacial score (nSPS) is 26.5. The molecule has 2 rings (SSSR count). The lowest BCUT2D eigenvalue weighted by atomic mass is 9.58. The standard InChI is InChI=1S/C17H26ClN/c1-4-14-9-17(10-14,12-19-11-13(2)3)15-5-7-16(18)8-6-15/h5-8,13-14,19H,4,9-12H2,1-3H3. The van der Waals surface area contributed by atoms with Gasteiger partial charge in [0.2, 0.25) is 0 Å². The van der Waals surface area contributed by atoms with Gasteiger partial charge >= 0.3 is 0 Å². The molecule has 0 radical (unpaired) electrons. The van der Waals surface area contributed by atoms with Crippen LogP contribution in [0.15, 0.2) is 24.3 Å². The van der Waals surface area contributed by atoms with Crippen molar-refractivity contribution in [2.75, 3.05) is 13.1 Å². The molecule has 0 bridgehead atoms. The van der Waals surface area contributed by atoms with Crippen molar-refractivity contribution in [2.24, 2.45) is 11.8 Å². The molecule has 1 aliphatic carbocycles. The van der Waals surface area contributed by atoms with Gasteiger partial charge in [-0.3, -0.25) is 0 Å². The summed E-state index contributed by atoms with van der Waals surface area (Å²) in [6.07, 6.45) is 3.94. The molecular formula is C17H26ClN. The van der Waals surface area contributed by atoms with Gasteiger partial charge in [-0.2, -0.15) is 0 Å². The van der Waals surface area contributed by atoms with E-state index in [0.717, 1.165) is 24.0 Å². The van der Waals surface area contributed by atoms with E-state index in [1.165, 1.54) is 24.8 Å². The molecule has 0 amide bonds. The minimum Gasteiger partial charge on any atom is -0.316 e. The Balaban J connectivity index is 2.05. The van der Waals surface area contributed by atoms with E-state index in [2.05, 4.69) is 38.2 Å². The van der Waals surface area contributed by atoms with E-state index in [1.807, 2.05) is 12.1 Å². The molecule has 1 aliphatic rings. The Labute approximate surface area is 122 Å². The third kappa shape index (κ3) is 3.52. The van der Waals surface area contributed by atoms with Gasteiger partial charge in [-0.1, -0.05) is 50.9 Å². The molecular weight excluding hydrogens is 254 g/mol. The Kier molecular flexibility index (Phi) is 4.92. The van der Waals surface area contributed by atoms with Gasteiger partial charge < -0.3 is 5.32 Å². The largest absolute Gasteiger partial charge is 0.316 e. The Hall–Kier alpha value is -0.530. The van der Waals surface area contributed by atoms with Gasteiger partial charge in [-0.05, 0) is 48.9 Å². The average Bonchev–Trinajstić information content (AvgIpc) is 2.33. The Bertz CT molecular complexity index is 390. The maximum Gasteiger partial charge on any atom is 0.0406 e. The molecule has 0 atom stereocenters. The molecule has 1 fully saturated rings. The van der Waals surface area contributed by atoms with Crippen molar-refractivity contribution in [1.82, 2.24) is 5.32 Å². The highest BCUT2D eigenvalue weighted by Gasteiger charge is 2.44. The number of halogens is 1. The van der Waals surface area contributed by atoms with Gasteiger partial charge in [0.15, 0.2) is 0 Å². The molecule has 0 heterocycles. The van der Waals surface area contributed by atoms with Crippen LogP contribution in [-0.4, -0.2) is 13.1 Å². The molecule has 2 heteroatoms. The molecule has 0 saturated heterocycles. The van der Waals surface area contributed by atoms with Gasteiger partial charge in [-0.15, -0.1) is 0 Å². The number of nitrogens with one attached hydrogen (secondary N) is 1. The second kappa shape index (κ2) is 6.28. The van der Waals surface area contributed by atoms with E-state index < -0.39 is 0 Å². The SMILES string of the molecule is CCC1CC(CNCC(C)C)(c2ccc(Cl)cc2)C1. The highest BCUT2D eigenvalue weighted by Crippen LogP contribution is 2.48. The van der Waals surface area contributed by atoms with Gasteiger partial charge in [0.05, 0.1) is 0 Å². The van der Waals surface area contributed by atoms with Crippen molar-refractivity contribution in [1.29, 1.82) is 0 Å². The Morgan fingerprint density at radius 2 is 1.89 bits per heavy atom. The lowest BCUT2D eigenvalue weighted by Crippen LogP contribution is -2.49. The smallest absolute Gasteiger partial charge is 0.0406 e. The first-order chi connectivity index (χ1) is 9.05. The summed E-state index contributed by atoms with van der Waals surface area (Å²) in [6, 6.07) is 8.48. The fraction of sp³-hybridized carbons (Fsp3) is 0.647. The minimum absolute atomic E-state index is 0.347. The first-order valence-electron chi connectivity index (χ1n) is 7.52. The van der Waals surface area contributed by atoms with Crippen molar-refractivity contribution >= 4 is 11.6 Å². The van der Waals surface area contributed by atoms with E-state index in [-0.39, 0.29) is 0 Å². The predicted molar refractivity (Wildman–Crippen MR) is 83.9 cm³/mol. The molecule has 1 aromatic rings. The van der Waals surface area contributed by atoms with Crippen LogP contribution < -0.4 is 5.32 Å². The molecule has 0 unspecified atom stereocenters. The van der Waals surface area contributed by atoms with Gasteiger partial charge in [0.1, 0.15) is 0 Å². The average molecular weight is 280 g/mol. The predicted octanol–water partition coefficient (Wildman–Crippen LogP) is 4.64. The van der Waals surface area contributed by atoms with E-state index in [1.54, 1.807) is 0 Å². The van der Waals surface area contributed by atoms with Crippen LogP contribution in [0.5, 0.6) is 0 Å². The maximum atomic E-state index is 6.01. The summed E-state index contributed by atoms with van der Waals surface area (Å²) in [7, 11) is 0. The number of hydrogen-bond acceptors (Lipinski definition) is 1. The molecule has 0 aliphatic heterocycles. The van der Waals surface area contributed by atoms with Crippen LogP contribution in [0.3, 0.4) is 0 Å². The van der Waals surface area contributed by atoms with Gasteiger partial charge in [0.25, 0.3) is 0 Å². The molecule has 106 valence electrons. The lowest BCUT2D eigenvalue weighted by Gasteiger charge is -2.48. The number of hydrogen-bond donors (Lipinski definition) is 1. The zero-order valence-electron chi connectivity index (χ0n) is 12.4. The molecule has 1 aromatic carbocycles. The van der Waals surface area contributed by atoms with E-state index in [0.29, 0.717) is 11.3 Å². The molecule has 0 aromatic heterocycles. The third-order valence-electron chi connectivity index (χ3n) is 4.41. The molecule has 1 N–H and O–H groups in total. The zero-order chi connectivity index (χ0) is 13.9. The van der Waals surface area contributed by atoms with E-state index >= 15 is 0 Å². The summed E-state index contributed by atoms with van der Waals surface area (Å²) in [4.78, 5) is 0. The van der Waals surface area contributed by atoms with Crippen LogP contribution in [0.2, 0.25) is 5.02 Å². The fourth-order valence-electron chi connectivity index (χ4n) is 3.22. The lowest BCUT2D eigenvalue weighted by molar-refractivity contribution is 0.133. The summed E-state index contributed by atoms with van der Waals surface area (Å²) < 4.78 is 0. The van der Waals surface area contributed by atoms with Crippen molar-refractivity contribution < 1.29 is 0 Å². The number of rotatable bonds is 6. The van der Waals surface area contributed by atoms with Crippen molar-refractivity contribution in [3.8, 4) is 0 Å². The van der Waals surface area contributed by atoms with Crippen molar-refractivity contribution in [3.05, 3.63) is 34.9 Å². The molecule has 19 heavy (non-hydrogen) atoms. The summed E-state index contributed by atoms with van der Waals surface area (Å²) in [5.74, 6) is 1.61. The zero-order valence-corrected chi connectivity index (χ0v) is 13.1. The first kappa shape index (κ1) is 14.9. The maximum absolute atomic E-state index is 6.01. The summed E-state index contributed by atoms with van der Waals surface area (Å²) in [6.45, 7) is 9.03. The van der Waals surface area contributed by atoms with Crippen LogP contribution in [0.25, 0.3) is 0 Å². The Morgan fingerprint density at radius 3 is 2.42 bits per heavy atom. The van der Waals surface area contributed by atoms with Crippen LogP contribution in [0.1, 0.15) is 45.6 Å². The topological polar surface area (TPSA) is 12.0 Å². The number of benzene rings is 1. The summed E-state index contributed by atoms with van der Waals surface area (Å²) in [5, 5.41) is 4.49. The van der Waals surface area contributed by atoms with Crippen LogP contribution in [0.4, 0.5) is 0 Å². The molecule has 1 saturated carbocycles. The van der Waals surface area contributed by atoms with E-state index in [9.17, 15) is 0 Å². The summed E-state index contributed by atoms with van der Waals surface area (Å²) >= 11 is 6.01. The van der Waals surface area contributed by atoms with Crippen LogP contribution in [0, 0.1) is 11.8 Å². The second-order valence-corrected chi connectivity index (χ2v) is 6.93. The first-order valence-corrected chi connectivity index (χ1v) is 7.90. The summed E-state index contributed by atoms with van der Waals surface area (Å²) in [5.41, 5.74) is 1.80. The fourth-order valence-corrected chi connectivity index (χ4v) is 3.35. The van der Waals surface area contributed by atoms with E-state index in [4.69, 9.17) is 11.6 Å². The monoisotopic (exact) mass is 279 g/mol. The van der Waals surface area contributed by atoms with Gasteiger partial charge in [0, 0.05) is 17.0 Å². The van der Waals surface area contributed by atoms with Crippen LogP contribution in [-0.2, 0) is 5.41 Å². The Morgan fingerprint density at radius 1 is 1.26 bits per heavy atom. The highest BCUT2D eigenvalue weighted by molar-refractivity contribution is 6.30. The van der Waals surface area contributed by atoms with Crippen molar-refractivity contribution in [3.63, 3.8) is 0 Å². The highest BCUT2D eigenvalue weighted by atomic mass is 35.5.